The van der Waals surface area contributed by atoms with Gasteiger partial charge >= 0.3 is 0 Å². The van der Waals surface area contributed by atoms with Crippen molar-refractivity contribution >= 4 is 11.5 Å². The first-order valence-corrected chi connectivity index (χ1v) is 6.16. The summed E-state index contributed by atoms with van der Waals surface area (Å²) in [5, 5.41) is 11.8. The Labute approximate surface area is 107 Å². The van der Waals surface area contributed by atoms with Gasteiger partial charge in [-0.2, -0.15) is 0 Å². The minimum Gasteiger partial charge on any atom is -0.491 e. The van der Waals surface area contributed by atoms with Gasteiger partial charge in [0.25, 0.3) is 0 Å². The second-order valence-electron chi connectivity index (χ2n) is 4.54. The van der Waals surface area contributed by atoms with Gasteiger partial charge in [0.05, 0.1) is 12.3 Å². The van der Waals surface area contributed by atoms with E-state index in [-0.39, 0.29) is 11.8 Å². The normalized spacial score (nSPS) is 17.6. The van der Waals surface area contributed by atoms with Crippen LogP contribution < -0.4 is 15.4 Å². The number of rotatable bonds is 3. The van der Waals surface area contributed by atoms with Crippen LogP contribution in [0.2, 0.25) is 0 Å². The van der Waals surface area contributed by atoms with E-state index >= 15 is 0 Å². The molecule has 0 bridgehead atoms. The van der Waals surface area contributed by atoms with Crippen molar-refractivity contribution in [2.75, 3.05) is 24.6 Å². The van der Waals surface area contributed by atoms with E-state index in [2.05, 4.69) is 10.1 Å². The number of nitrogens with zero attached hydrogens (tertiary/aromatic N) is 2. The molecule has 1 atom stereocenters. The van der Waals surface area contributed by atoms with Crippen LogP contribution in [0.25, 0.3) is 0 Å². The Morgan fingerprint density at radius 2 is 2.33 bits per heavy atom. The highest BCUT2D eigenvalue weighted by atomic mass is 16.5. The summed E-state index contributed by atoms with van der Waals surface area (Å²) in [7, 11) is 0. The molecule has 0 spiro atoms. The largest absolute Gasteiger partial charge is 0.491 e. The standard InChI is InChI=1S/C13H19N3O2/c1-10(13(14)15-17)9-16-7-4-8-18-12-6-3-2-5-11(12)16/h2-3,5-6,10,17H,4,7-9H2,1H3,(H2,14,15). The van der Waals surface area contributed by atoms with E-state index in [9.17, 15) is 0 Å². The van der Waals surface area contributed by atoms with Crippen molar-refractivity contribution < 1.29 is 9.94 Å². The molecule has 1 aromatic rings. The highest BCUT2D eigenvalue weighted by Crippen LogP contribution is 2.30. The lowest BCUT2D eigenvalue weighted by Gasteiger charge is -2.26. The Kier molecular flexibility index (Phi) is 3.92. The van der Waals surface area contributed by atoms with Gasteiger partial charge in [0.1, 0.15) is 11.6 Å². The van der Waals surface area contributed by atoms with Gasteiger partial charge in [-0.25, -0.2) is 0 Å². The van der Waals surface area contributed by atoms with Gasteiger partial charge in [-0.3, -0.25) is 0 Å². The molecule has 98 valence electrons. The molecule has 1 aliphatic heterocycles. The van der Waals surface area contributed by atoms with E-state index in [1.54, 1.807) is 0 Å². The fourth-order valence-electron chi connectivity index (χ4n) is 2.11. The van der Waals surface area contributed by atoms with Crippen LogP contribution >= 0.6 is 0 Å². The molecule has 1 aromatic carbocycles. The molecule has 5 heteroatoms. The molecule has 0 fully saturated rings. The smallest absolute Gasteiger partial charge is 0.143 e. The van der Waals surface area contributed by atoms with Gasteiger partial charge in [-0.1, -0.05) is 24.2 Å². The summed E-state index contributed by atoms with van der Waals surface area (Å²) in [5.41, 5.74) is 6.71. The summed E-state index contributed by atoms with van der Waals surface area (Å²) in [6.45, 7) is 4.31. The third-order valence-corrected chi connectivity index (χ3v) is 3.15. The number of para-hydroxylation sites is 2. The number of hydrogen-bond donors (Lipinski definition) is 2. The lowest BCUT2D eigenvalue weighted by Crippen LogP contribution is -2.35. The molecule has 0 radical (unpaired) electrons. The van der Waals surface area contributed by atoms with Crippen molar-refractivity contribution in [1.82, 2.24) is 0 Å². The van der Waals surface area contributed by atoms with Crippen LogP contribution in [0.15, 0.2) is 29.4 Å². The Balaban J connectivity index is 2.18. The molecular weight excluding hydrogens is 230 g/mol. The van der Waals surface area contributed by atoms with Gasteiger partial charge < -0.3 is 20.6 Å². The first kappa shape index (κ1) is 12.5. The van der Waals surface area contributed by atoms with Crippen molar-refractivity contribution in [3.63, 3.8) is 0 Å². The zero-order valence-corrected chi connectivity index (χ0v) is 10.5. The van der Waals surface area contributed by atoms with Gasteiger partial charge in [0.15, 0.2) is 0 Å². The van der Waals surface area contributed by atoms with Crippen molar-refractivity contribution in [3.05, 3.63) is 24.3 Å². The van der Waals surface area contributed by atoms with Gasteiger partial charge in [-0.05, 0) is 18.6 Å². The van der Waals surface area contributed by atoms with Crippen LogP contribution in [0.4, 0.5) is 5.69 Å². The highest BCUT2D eigenvalue weighted by Gasteiger charge is 2.19. The van der Waals surface area contributed by atoms with Crippen LogP contribution in [0.3, 0.4) is 0 Å². The van der Waals surface area contributed by atoms with E-state index in [0.29, 0.717) is 0 Å². The minimum atomic E-state index is 0.00107. The lowest BCUT2D eigenvalue weighted by molar-refractivity contribution is 0.314. The summed E-state index contributed by atoms with van der Waals surface area (Å²) in [6, 6.07) is 7.98. The number of anilines is 1. The molecule has 0 saturated carbocycles. The Bertz CT molecular complexity index is 434. The molecule has 5 nitrogen and oxygen atoms in total. The van der Waals surface area contributed by atoms with Crippen LogP contribution in [-0.4, -0.2) is 30.7 Å². The Morgan fingerprint density at radius 3 is 3.11 bits per heavy atom. The van der Waals surface area contributed by atoms with E-state index in [0.717, 1.165) is 37.6 Å². The third kappa shape index (κ3) is 2.67. The number of hydrogen-bond acceptors (Lipinski definition) is 4. The monoisotopic (exact) mass is 249 g/mol. The minimum absolute atomic E-state index is 0.00107. The highest BCUT2D eigenvalue weighted by molar-refractivity contribution is 5.82. The van der Waals surface area contributed by atoms with E-state index in [1.165, 1.54) is 0 Å². The lowest BCUT2D eigenvalue weighted by atomic mass is 10.1. The number of oxime groups is 1. The molecule has 0 amide bonds. The second-order valence-corrected chi connectivity index (χ2v) is 4.54. The van der Waals surface area contributed by atoms with Crippen molar-refractivity contribution in [2.24, 2.45) is 16.8 Å². The van der Waals surface area contributed by atoms with Crippen LogP contribution in [-0.2, 0) is 0 Å². The van der Waals surface area contributed by atoms with Crippen LogP contribution in [0, 0.1) is 5.92 Å². The number of fused-ring (bicyclic) bond motifs is 1. The molecule has 1 aliphatic rings. The number of nitrogens with two attached hydrogens (primary N) is 1. The van der Waals surface area contributed by atoms with Gasteiger partial charge in [0.2, 0.25) is 0 Å². The molecule has 1 heterocycles. The number of amidine groups is 1. The fourth-order valence-corrected chi connectivity index (χ4v) is 2.11. The predicted molar refractivity (Wildman–Crippen MR) is 71.3 cm³/mol. The van der Waals surface area contributed by atoms with Crippen molar-refractivity contribution in [1.29, 1.82) is 0 Å². The number of benzene rings is 1. The predicted octanol–water partition coefficient (Wildman–Crippen LogP) is 1.66. The molecule has 0 aliphatic carbocycles. The fraction of sp³-hybridized carbons (Fsp3) is 0.462. The van der Waals surface area contributed by atoms with Gasteiger partial charge in [0, 0.05) is 19.0 Å². The topological polar surface area (TPSA) is 71.1 Å². The zero-order valence-electron chi connectivity index (χ0n) is 10.5. The maximum absolute atomic E-state index is 8.71. The van der Waals surface area contributed by atoms with E-state index < -0.39 is 0 Å². The third-order valence-electron chi connectivity index (χ3n) is 3.15. The summed E-state index contributed by atoms with van der Waals surface area (Å²) < 4.78 is 5.69. The first-order chi connectivity index (χ1) is 8.72. The molecular formula is C13H19N3O2. The van der Waals surface area contributed by atoms with Gasteiger partial charge in [-0.15, -0.1) is 0 Å². The average molecular weight is 249 g/mol. The summed E-state index contributed by atoms with van der Waals surface area (Å²) in [6.07, 6.45) is 0.970. The van der Waals surface area contributed by atoms with Crippen molar-refractivity contribution in [3.8, 4) is 5.75 Å². The second kappa shape index (κ2) is 5.62. The van der Waals surface area contributed by atoms with Crippen molar-refractivity contribution in [2.45, 2.75) is 13.3 Å². The molecule has 18 heavy (non-hydrogen) atoms. The molecule has 2 rings (SSSR count). The maximum Gasteiger partial charge on any atom is 0.143 e. The van der Waals surface area contributed by atoms with E-state index in [4.69, 9.17) is 15.7 Å². The SMILES string of the molecule is CC(CN1CCCOc2ccccc21)/C(N)=N/O. The Hall–Kier alpha value is -1.91. The van der Waals surface area contributed by atoms with E-state index in [1.807, 2.05) is 31.2 Å². The molecule has 1 unspecified atom stereocenters. The molecule has 3 N–H and O–H groups in total. The quantitative estimate of drug-likeness (QED) is 0.370. The zero-order chi connectivity index (χ0) is 13.0. The average Bonchev–Trinajstić information content (AvgIpc) is 2.60. The summed E-state index contributed by atoms with van der Waals surface area (Å²) >= 11 is 0. The van der Waals surface area contributed by atoms with Crippen LogP contribution in [0.5, 0.6) is 5.75 Å². The molecule has 0 saturated heterocycles. The Morgan fingerprint density at radius 1 is 1.56 bits per heavy atom. The summed E-state index contributed by atoms with van der Waals surface area (Å²) in [5.74, 6) is 1.17. The maximum atomic E-state index is 8.71. The first-order valence-electron chi connectivity index (χ1n) is 6.16. The van der Waals surface area contributed by atoms with Crippen LogP contribution in [0.1, 0.15) is 13.3 Å². The number of ether oxygens (including phenoxy) is 1. The molecule has 0 aromatic heterocycles. The summed E-state index contributed by atoms with van der Waals surface area (Å²) in [4.78, 5) is 2.23.